The van der Waals surface area contributed by atoms with Crippen LogP contribution >= 0.6 is 0 Å². The van der Waals surface area contributed by atoms with E-state index in [0.717, 1.165) is 0 Å². The fraction of sp³-hybridized carbons (Fsp3) is 0.750. The van der Waals surface area contributed by atoms with Gasteiger partial charge in [-0.1, -0.05) is 6.58 Å². The predicted octanol–water partition coefficient (Wildman–Crippen LogP) is 0.309. The van der Waals surface area contributed by atoms with Crippen LogP contribution in [0.2, 0.25) is 0 Å². The summed E-state index contributed by atoms with van der Waals surface area (Å²) in [6.07, 6.45) is 1.13. The van der Waals surface area contributed by atoms with Crippen LogP contribution in [0.15, 0.2) is 17.1 Å². The van der Waals surface area contributed by atoms with Crippen LogP contribution in [-0.4, -0.2) is 70.8 Å². The monoisotopic (exact) mass is 290 g/mol. The smallest absolute Gasteiger partial charge is 0.219 e. The highest BCUT2D eigenvalue weighted by Crippen LogP contribution is 2.16. The second-order valence-corrected chi connectivity index (χ2v) is 6.93. The third kappa shape index (κ3) is 4.38. The molecule has 0 N–H and O–H groups in total. The molecule has 1 fully saturated rings. The number of hydrogen-bond acceptors (Lipinski definition) is 5. The van der Waals surface area contributed by atoms with E-state index in [1.165, 1.54) is 11.4 Å². The average Bonchev–Trinajstić information content (AvgIpc) is 2.39. The topological polar surface area (TPSA) is 68.2 Å². The van der Waals surface area contributed by atoms with Gasteiger partial charge in [-0.05, 0) is 12.5 Å². The maximum Gasteiger partial charge on any atom is 0.219 e. The number of aliphatic imine (C=N–C) groups is 1. The molecule has 0 spiro atoms. The summed E-state index contributed by atoms with van der Waals surface area (Å²) >= 11 is 0. The Balaban J connectivity index is 2.69. The van der Waals surface area contributed by atoms with E-state index >= 15 is 0 Å². The molecule has 0 bridgehead atoms. The summed E-state index contributed by atoms with van der Waals surface area (Å²) in [5.41, 5.74) is 0.640. The van der Waals surface area contributed by atoms with Gasteiger partial charge in [0.2, 0.25) is 10.0 Å². The van der Waals surface area contributed by atoms with Gasteiger partial charge < -0.3 is 9.47 Å². The van der Waals surface area contributed by atoms with Gasteiger partial charge >= 0.3 is 0 Å². The van der Waals surface area contributed by atoms with Crippen LogP contribution in [0.3, 0.4) is 0 Å². The Morgan fingerprint density at radius 3 is 2.79 bits per heavy atom. The van der Waals surface area contributed by atoms with Crippen LogP contribution in [0, 0.1) is 0 Å². The molecule has 19 heavy (non-hydrogen) atoms. The van der Waals surface area contributed by atoms with Crippen LogP contribution in [0.1, 0.15) is 6.92 Å². The van der Waals surface area contributed by atoms with E-state index in [1.807, 2.05) is 0 Å². The zero-order chi connectivity index (χ0) is 14.5. The zero-order valence-corrected chi connectivity index (χ0v) is 12.5. The standard InChI is InChI=1S/C12H22N2O4S/c1-10(7-13-3)8-14(4)19(15,16)11(2)12-9-17-5-6-18-12/h7,11-12H,1,5-6,8-9H2,2-4H3/b13-7-/t11-,12?/m1/s1. The van der Waals surface area contributed by atoms with E-state index in [4.69, 9.17) is 9.47 Å². The molecular formula is C12H22N2O4S. The molecule has 6 nitrogen and oxygen atoms in total. The molecule has 2 atom stereocenters. The first-order chi connectivity index (χ1) is 8.89. The molecule has 0 aromatic rings. The van der Waals surface area contributed by atoms with Gasteiger partial charge in [0.25, 0.3) is 0 Å². The molecule has 1 unspecified atom stereocenters. The number of sulfonamides is 1. The lowest BCUT2D eigenvalue weighted by atomic mass is 10.3. The first-order valence-corrected chi connectivity index (χ1v) is 7.64. The van der Waals surface area contributed by atoms with Crippen molar-refractivity contribution in [1.82, 2.24) is 4.31 Å². The number of likely N-dealkylation sites (N-methyl/N-ethyl adjacent to an activating group) is 1. The van der Waals surface area contributed by atoms with Crippen molar-refractivity contribution in [2.75, 3.05) is 40.5 Å². The van der Waals surface area contributed by atoms with Crippen molar-refractivity contribution in [2.45, 2.75) is 18.3 Å². The molecule has 110 valence electrons. The lowest BCUT2D eigenvalue weighted by molar-refractivity contribution is -0.0875. The third-order valence-electron chi connectivity index (χ3n) is 3.01. The van der Waals surface area contributed by atoms with E-state index in [1.54, 1.807) is 20.2 Å². The third-order valence-corrected chi connectivity index (χ3v) is 5.25. The molecule has 0 saturated carbocycles. The van der Waals surface area contributed by atoms with Crippen molar-refractivity contribution in [3.63, 3.8) is 0 Å². The highest BCUT2D eigenvalue weighted by Gasteiger charge is 2.34. The maximum absolute atomic E-state index is 12.4. The van der Waals surface area contributed by atoms with Crippen LogP contribution in [0.25, 0.3) is 0 Å². The van der Waals surface area contributed by atoms with Gasteiger partial charge in [0.05, 0.1) is 25.9 Å². The molecule has 1 rings (SSSR count). The minimum absolute atomic E-state index is 0.220. The zero-order valence-electron chi connectivity index (χ0n) is 11.7. The quantitative estimate of drug-likeness (QED) is 0.660. The summed E-state index contributed by atoms with van der Waals surface area (Å²) in [6.45, 7) is 6.88. The van der Waals surface area contributed by atoms with Gasteiger partial charge in [-0.2, -0.15) is 0 Å². The average molecular weight is 290 g/mol. The van der Waals surface area contributed by atoms with Crippen LogP contribution in [0.4, 0.5) is 0 Å². The van der Waals surface area contributed by atoms with E-state index in [0.29, 0.717) is 25.4 Å². The fourth-order valence-corrected chi connectivity index (χ4v) is 3.31. The van der Waals surface area contributed by atoms with E-state index in [-0.39, 0.29) is 6.54 Å². The molecule has 7 heteroatoms. The van der Waals surface area contributed by atoms with Gasteiger partial charge in [0.15, 0.2) is 0 Å². The number of hydrogen-bond donors (Lipinski definition) is 0. The highest BCUT2D eigenvalue weighted by atomic mass is 32.2. The molecule has 0 aromatic heterocycles. The first-order valence-electron chi connectivity index (χ1n) is 6.14. The van der Waals surface area contributed by atoms with Gasteiger partial charge in [-0.15, -0.1) is 0 Å². The largest absolute Gasteiger partial charge is 0.376 e. The Hall–Kier alpha value is -0.760. The Bertz CT molecular complexity index is 427. The van der Waals surface area contributed by atoms with Crippen molar-refractivity contribution in [2.24, 2.45) is 4.99 Å². The highest BCUT2D eigenvalue weighted by molar-refractivity contribution is 7.89. The van der Waals surface area contributed by atoms with Crippen molar-refractivity contribution in [3.05, 3.63) is 12.2 Å². The van der Waals surface area contributed by atoms with Crippen LogP contribution in [-0.2, 0) is 19.5 Å². The second-order valence-electron chi connectivity index (χ2n) is 4.54. The Morgan fingerprint density at radius 2 is 2.26 bits per heavy atom. The maximum atomic E-state index is 12.4. The lowest BCUT2D eigenvalue weighted by Crippen LogP contribution is -2.46. The van der Waals surface area contributed by atoms with Gasteiger partial charge in [-0.3, -0.25) is 4.99 Å². The van der Waals surface area contributed by atoms with Crippen molar-refractivity contribution < 1.29 is 17.9 Å². The Morgan fingerprint density at radius 1 is 1.58 bits per heavy atom. The summed E-state index contributed by atoms with van der Waals surface area (Å²) in [7, 11) is -0.294. The van der Waals surface area contributed by atoms with Gasteiger partial charge in [0.1, 0.15) is 5.25 Å². The summed E-state index contributed by atoms with van der Waals surface area (Å²) < 4.78 is 36.7. The molecule has 1 aliphatic rings. The second kappa shape index (κ2) is 7.14. The first kappa shape index (κ1) is 16.3. The van der Waals surface area contributed by atoms with Crippen molar-refractivity contribution in [1.29, 1.82) is 0 Å². The van der Waals surface area contributed by atoms with Gasteiger partial charge in [-0.25, -0.2) is 12.7 Å². The molecule has 0 radical (unpaired) electrons. The van der Waals surface area contributed by atoms with E-state index in [9.17, 15) is 8.42 Å². The van der Waals surface area contributed by atoms with Crippen LogP contribution in [0.5, 0.6) is 0 Å². The summed E-state index contributed by atoms with van der Waals surface area (Å²) in [5.74, 6) is 0. The SMILES string of the molecule is C=C(/C=N\C)CN(C)S(=O)(=O)[C@H](C)C1COCCO1. The Labute approximate surface area is 115 Å². The predicted molar refractivity (Wildman–Crippen MR) is 75.1 cm³/mol. The molecular weight excluding hydrogens is 268 g/mol. The molecule has 1 saturated heterocycles. The van der Waals surface area contributed by atoms with Crippen molar-refractivity contribution in [3.8, 4) is 0 Å². The number of rotatable bonds is 6. The summed E-state index contributed by atoms with van der Waals surface area (Å²) in [4.78, 5) is 3.81. The number of nitrogens with zero attached hydrogens (tertiary/aromatic N) is 2. The fourth-order valence-electron chi connectivity index (χ4n) is 1.85. The van der Waals surface area contributed by atoms with Gasteiger partial charge in [0, 0.05) is 26.9 Å². The van der Waals surface area contributed by atoms with Crippen molar-refractivity contribution >= 4 is 16.2 Å². The summed E-state index contributed by atoms with van der Waals surface area (Å²) in [5, 5.41) is -0.649. The normalized spacial score (nSPS) is 22.8. The Kier molecular flexibility index (Phi) is 6.12. The van der Waals surface area contributed by atoms with Crippen LogP contribution < -0.4 is 0 Å². The molecule has 1 heterocycles. The molecule has 0 amide bonds. The van der Waals surface area contributed by atoms with E-state index < -0.39 is 21.4 Å². The molecule has 0 aliphatic carbocycles. The van der Waals surface area contributed by atoms with E-state index in [2.05, 4.69) is 11.6 Å². The number of ether oxygens (including phenoxy) is 2. The lowest BCUT2D eigenvalue weighted by Gasteiger charge is -2.30. The molecule has 0 aromatic carbocycles. The summed E-state index contributed by atoms with van der Waals surface area (Å²) in [6, 6.07) is 0. The minimum Gasteiger partial charge on any atom is -0.376 e. The molecule has 1 aliphatic heterocycles. The minimum atomic E-state index is -3.45.